The molecule has 3 nitrogen and oxygen atoms in total. The summed E-state index contributed by atoms with van der Waals surface area (Å²) in [7, 11) is 0. The summed E-state index contributed by atoms with van der Waals surface area (Å²) >= 11 is 5.90. The molecule has 0 aliphatic carbocycles. The molecule has 1 amide bonds. The number of rotatable bonds is 4. The van der Waals surface area contributed by atoms with Crippen molar-refractivity contribution < 1.29 is 18.0 Å². The van der Waals surface area contributed by atoms with E-state index in [-0.39, 0.29) is 17.5 Å². The van der Waals surface area contributed by atoms with E-state index in [0.29, 0.717) is 18.1 Å². The monoisotopic (exact) mass is 396 g/mol. The van der Waals surface area contributed by atoms with Crippen LogP contribution in [0.2, 0.25) is 5.02 Å². The van der Waals surface area contributed by atoms with Gasteiger partial charge in [-0.15, -0.1) is 0 Å². The highest BCUT2D eigenvalue weighted by molar-refractivity contribution is 6.30. The van der Waals surface area contributed by atoms with Crippen LogP contribution in [0.4, 0.5) is 18.9 Å². The van der Waals surface area contributed by atoms with Crippen molar-refractivity contribution in [3.8, 4) is 0 Å². The third-order valence-corrected chi connectivity index (χ3v) is 4.91. The lowest BCUT2D eigenvalue weighted by Crippen LogP contribution is -2.40. The van der Waals surface area contributed by atoms with Crippen LogP contribution in [0.25, 0.3) is 0 Å². The van der Waals surface area contributed by atoms with Crippen LogP contribution in [0.1, 0.15) is 24.0 Å². The van der Waals surface area contributed by atoms with Crippen LogP contribution in [0.3, 0.4) is 0 Å². The highest BCUT2D eigenvalue weighted by atomic mass is 35.5. The number of alkyl halides is 3. The first-order valence-electron chi connectivity index (χ1n) is 8.76. The fourth-order valence-electron chi connectivity index (χ4n) is 3.28. The van der Waals surface area contributed by atoms with Crippen molar-refractivity contribution in [2.24, 2.45) is 5.92 Å². The van der Waals surface area contributed by atoms with Crippen molar-refractivity contribution in [3.63, 3.8) is 0 Å². The van der Waals surface area contributed by atoms with Crippen molar-refractivity contribution in [2.75, 3.05) is 18.4 Å². The number of likely N-dealkylation sites (tertiary alicyclic amines) is 1. The Kier molecular flexibility index (Phi) is 6.07. The Hall–Kier alpha value is -2.05. The van der Waals surface area contributed by atoms with Gasteiger partial charge in [0.25, 0.3) is 0 Å². The van der Waals surface area contributed by atoms with E-state index in [1.165, 1.54) is 12.1 Å². The molecule has 0 bridgehead atoms. The van der Waals surface area contributed by atoms with Gasteiger partial charge in [-0.2, -0.15) is 13.2 Å². The summed E-state index contributed by atoms with van der Waals surface area (Å²) < 4.78 is 38.4. The van der Waals surface area contributed by atoms with Crippen LogP contribution < -0.4 is 5.32 Å². The van der Waals surface area contributed by atoms with E-state index in [1.807, 2.05) is 24.3 Å². The molecule has 7 heteroatoms. The number of hydrogen-bond acceptors (Lipinski definition) is 2. The lowest BCUT2D eigenvalue weighted by molar-refractivity contribution is -0.137. The van der Waals surface area contributed by atoms with Gasteiger partial charge in [0.15, 0.2) is 0 Å². The maximum absolute atomic E-state index is 12.8. The van der Waals surface area contributed by atoms with Crippen molar-refractivity contribution >= 4 is 23.2 Å². The van der Waals surface area contributed by atoms with Crippen LogP contribution >= 0.6 is 11.6 Å². The average Bonchev–Trinajstić information content (AvgIpc) is 2.63. The van der Waals surface area contributed by atoms with Crippen molar-refractivity contribution in [1.82, 2.24) is 4.90 Å². The fourth-order valence-corrected chi connectivity index (χ4v) is 3.40. The number of nitrogens with zero attached hydrogens (tertiary/aromatic N) is 1. The molecule has 1 N–H and O–H groups in total. The quantitative estimate of drug-likeness (QED) is 0.769. The Balaban J connectivity index is 1.60. The number of amides is 1. The molecule has 144 valence electrons. The molecule has 0 radical (unpaired) electrons. The standard InChI is InChI=1S/C20H20ClF3N2O/c21-17-8-6-14(7-9-17)12-26-10-2-3-15(13-26)19(27)25-18-5-1-4-16(11-18)20(22,23)24/h1,4-9,11,15H,2-3,10,12-13H2,(H,25,27)/t15-/m0/s1. The van der Waals surface area contributed by atoms with Crippen LogP contribution in [0.15, 0.2) is 48.5 Å². The van der Waals surface area contributed by atoms with Crippen molar-refractivity contribution in [3.05, 3.63) is 64.7 Å². The van der Waals surface area contributed by atoms with E-state index >= 15 is 0 Å². The van der Waals surface area contributed by atoms with Gasteiger partial charge in [-0.25, -0.2) is 0 Å². The maximum atomic E-state index is 12.8. The molecular formula is C20H20ClF3N2O. The highest BCUT2D eigenvalue weighted by Gasteiger charge is 2.31. The number of anilines is 1. The second-order valence-electron chi connectivity index (χ2n) is 6.77. The minimum absolute atomic E-state index is 0.171. The normalized spacial score (nSPS) is 18.3. The maximum Gasteiger partial charge on any atom is 0.416 e. The molecule has 27 heavy (non-hydrogen) atoms. The average molecular weight is 397 g/mol. The third kappa shape index (κ3) is 5.47. The van der Waals surface area contributed by atoms with Crippen LogP contribution in [-0.2, 0) is 17.5 Å². The minimum Gasteiger partial charge on any atom is -0.326 e. The summed E-state index contributed by atoms with van der Waals surface area (Å²) in [4.78, 5) is 14.7. The zero-order valence-electron chi connectivity index (χ0n) is 14.6. The zero-order valence-corrected chi connectivity index (χ0v) is 15.4. The second kappa shape index (κ2) is 8.31. The lowest BCUT2D eigenvalue weighted by atomic mass is 9.96. The molecule has 1 aliphatic heterocycles. The highest BCUT2D eigenvalue weighted by Crippen LogP contribution is 2.31. The van der Waals surface area contributed by atoms with Crippen LogP contribution in [0.5, 0.6) is 0 Å². The smallest absolute Gasteiger partial charge is 0.326 e. The molecule has 2 aromatic rings. The number of carbonyl (C=O) groups excluding carboxylic acids is 1. The Morgan fingerprint density at radius 1 is 1.19 bits per heavy atom. The van der Waals surface area contributed by atoms with Crippen molar-refractivity contribution in [2.45, 2.75) is 25.6 Å². The topological polar surface area (TPSA) is 32.3 Å². The molecule has 0 unspecified atom stereocenters. The van der Waals surface area contributed by atoms with Gasteiger partial charge in [0.2, 0.25) is 5.91 Å². The summed E-state index contributed by atoms with van der Waals surface area (Å²) in [5.41, 5.74) is 0.510. The summed E-state index contributed by atoms with van der Waals surface area (Å²) in [6, 6.07) is 12.3. The molecule has 0 aromatic heterocycles. The van der Waals surface area contributed by atoms with Gasteiger partial charge in [-0.05, 0) is 55.3 Å². The summed E-state index contributed by atoms with van der Waals surface area (Å²) in [5, 5.41) is 3.31. The minimum atomic E-state index is -4.43. The molecule has 0 spiro atoms. The van der Waals surface area contributed by atoms with E-state index in [0.717, 1.165) is 37.1 Å². The number of nitrogens with one attached hydrogen (secondary N) is 1. The third-order valence-electron chi connectivity index (χ3n) is 4.65. The van der Waals surface area contributed by atoms with E-state index in [1.54, 1.807) is 0 Å². The molecule has 3 rings (SSSR count). The second-order valence-corrected chi connectivity index (χ2v) is 7.20. The van der Waals surface area contributed by atoms with Gasteiger partial charge in [-0.3, -0.25) is 9.69 Å². The van der Waals surface area contributed by atoms with Gasteiger partial charge in [0.1, 0.15) is 0 Å². The fraction of sp³-hybridized carbons (Fsp3) is 0.350. The van der Waals surface area contributed by atoms with Gasteiger partial charge >= 0.3 is 6.18 Å². The first kappa shape index (κ1) is 19.7. The van der Waals surface area contributed by atoms with Gasteiger partial charge in [-0.1, -0.05) is 29.8 Å². The number of benzene rings is 2. The van der Waals surface area contributed by atoms with E-state index in [2.05, 4.69) is 10.2 Å². The Labute approximate surface area is 161 Å². The van der Waals surface area contributed by atoms with E-state index in [9.17, 15) is 18.0 Å². The first-order chi connectivity index (χ1) is 12.8. The number of halogens is 4. The number of hydrogen-bond donors (Lipinski definition) is 1. The number of piperidine rings is 1. The lowest BCUT2D eigenvalue weighted by Gasteiger charge is -2.32. The van der Waals surface area contributed by atoms with Gasteiger partial charge in [0.05, 0.1) is 11.5 Å². The van der Waals surface area contributed by atoms with Crippen LogP contribution in [0, 0.1) is 5.92 Å². The van der Waals surface area contributed by atoms with Gasteiger partial charge in [0, 0.05) is 23.8 Å². The van der Waals surface area contributed by atoms with Crippen LogP contribution in [-0.4, -0.2) is 23.9 Å². The summed E-state index contributed by atoms with van der Waals surface area (Å²) in [6.07, 6.45) is -2.84. The first-order valence-corrected chi connectivity index (χ1v) is 9.14. The molecule has 1 atom stereocenters. The molecule has 1 aliphatic rings. The largest absolute Gasteiger partial charge is 0.416 e. The van der Waals surface area contributed by atoms with E-state index in [4.69, 9.17) is 11.6 Å². The van der Waals surface area contributed by atoms with E-state index < -0.39 is 11.7 Å². The molecule has 0 saturated carbocycles. The molecule has 1 fully saturated rings. The molecule has 2 aromatic carbocycles. The molecule has 1 heterocycles. The Morgan fingerprint density at radius 2 is 1.93 bits per heavy atom. The van der Waals surface area contributed by atoms with Crippen molar-refractivity contribution in [1.29, 1.82) is 0 Å². The predicted molar refractivity (Wildman–Crippen MR) is 99.5 cm³/mol. The molecule has 1 saturated heterocycles. The molecular weight excluding hydrogens is 377 g/mol. The Bertz CT molecular complexity index is 793. The zero-order chi connectivity index (χ0) is 19.4. The summed E-state index contributed by atoms with van der Waals surface area (Å²) in [5.74, 6) is -0.490. The van der Waals surface area contributed by atoms with Gasteiger partial charge < -0.3 is 5.32 Å². The number of carbonyl (C=O) groups is 1. The summed E-state index contributed by atoms with van der Waals surface area (Å²) in [6.45, 7) is 2.17. The Morgan fingerprint density at radius 3 is 2.63 bits per heavy atom. The SMILES string of the molecule is O=C(Nc1cccc(C(F)(F)F)c1)[C@H]1CCCN(Cc2ccc(Cl)cc2)C1. The predicted octanol–water partition coefficient (Wildman–Crippen LogP) is 5.21.